The standard InChI is InChI=1S/C13H12ClN3O2/c1-8-6-9(7-11(14)16-8)12(18)17-10-4-3-5-15-13(10)19-2/h3-7H,1-2H3,(H,17,18). The second kappa shape index (κ2) is 5.67. The molecule has 6 heteroatoms. The lowest BCUT2D eigenvalue weighted by Gasteiger charge is -2.09. The molecule has 0 saturated heterocycles. The highest BCUT2D eigenvalue weighted by atomic mass is 35.5. The quantitative estimate of drug-likeness (QED) is 0.876. The van der Waals surface area contributed by atoms with E-state index >= 15 is 0 Å². The molecule has 2 rings (SSSR count). The number of halogens is 1. The third-order valence-electron chi connectivity index (χ3n) is 2.40. The fourth-order valence-electron chi connectivity index (χ4n) is 1.60. The summed E-state index contributed by atoms with van der Waals surface area (Å²) in [4.78, 5) is 20.1. The van der Waals surface area contributed by atoms with Crippen LogP contribution < -0.4 is 10.1 Å². The SMILES string of the molecule is COc1ncccc1NC(=O)c1cc(C)nc(Cl)c1. The average Bonchev–Trinajstić information content (AvgIpc) is 2.38. The number of rotatable bonds is 3. The molecule has 0 radical (unpaired) electrons. The Hall–Kier alpha value is -2.14. The molecule has 0 atom stereocenters. The Morgan fingerprint density at radius 3 is 2.89 bits per heavy atom. The molecular formula is C13H12ClN3O2. The molecule has 19 heavy (non-hydrogen) atoms. The van der Waals surface area contributed by atoms with E-state index in [4.69, 9.17) is 16.3 Å². The van der Waals surface area contributed by atoms with Gasteiger partial charge in [-0.1, -0.05) is 11.6 Å². The van der Waals surface area contributed by atoms with Gasteiger partial charge in [-0.25, -0.2) is 9.97 Å². The van der Waals surface area contributed by atoms with Crippen LogP contribution in [0, 0.1) is 6.92 Å². The molecule has 0 bridgehead atoms. The van der Waals surface area contributed by atoms with E-state index in [2.05, 4.69) is 15.3 Å². The first-order valence-corrected chi connectivity index (χ1v) is 5.92. The number of aryl methyl sites for hydroxylation is 1. The van der Waals surface area contributed by atoms with Crippen molar-refractivity contribution in [2.24, 2.45) is 0 Å². The van der Waals surface area contributed by atoms with Gasteiger partial charge < -0.3 is 10.1 Å². The van der Waals surface area contributed by atoms with Gasteiger partial charge in [0.05, 0.1) is 7.11 Å². The molecule has 0 spiro atoms. The summed E-state index contributed by atoms with van der Waals surface area (Å²) in [7, 11) is 1.49. The first-order valence-electron chi connectivity index (χ1n) is 5.54. The van der Waals surface area contributed by atoms with Crippen LogP contribution in [-0.4, -0.2) is 23.0 Å². The lowest BCUT2D eigenvalue weighted by Crippen LogP contribution is -2.13. The zero-order valence-corrected chi connectivity index (χ0v) is 11.2. The Morgan fingerprint density at radius 2 is 2.21 bits per heavy atom. The number of anilines is 1. The van der Waals surface area contributed by atoms with Crippen LogP contribution in [-0.2, 0) is 0 Å². The number of nitrogens with one attached hydrogen (secondary N) is 1. The van der Waals surface area contributed by atoms with Gasteiger partial charge in [-0.3, -0.25) is 4.79 Å². The smallest absolute Gasteiger partial charge is 0.255 e. The van der Waals surface area contributed by atoms with Crippen molar-refractivity contribution >= 4 is 23.2 Å². The van der Waals surface area contributed by atoms with E-state index in [9.17, 15) is 4.79 Å². The molecule has 5 nitrogen and oxygen atoms in total. The Kier molecular flexibility index (Phi) is 3.97. The lowest BCUT2D eigenvalue weighted by atomic mass is 10.2. The van der Waals surface area contributed by atoms with E-state index in [-0.39, 0.29) is 11.1 Å². The molecule has 0 saturated carbocycles. The zero-order chi connectivity index (χ0) is 13.8. The van der Waals surface area contributed by atoms with Crippen LogP contribution in [0.4, 0.5) is 5.69 Å². The number of nitrogens with zero attached hydrogens (tertiary/aromatic N) is 2. The van der Waals surface area contributed by atoms with E-state index in [1.54, 1.807) is 31.3 Å². The Labute approximate surface area is 115 Å². The van der Waals surface area contributed by atoms with Gasteiger partial charge in [0.15, 0.2) is 0 Å². The predicted octanol–water partition coefficient (Wildman–Crippen LogP) is 2.70. The van der Waals surface area contributed by atoms with Crippen LogP contribution in [0.25, 0.3) is 0 Å². The lowest BCUT2D eigenvalue weighted by molar-refractivity contribution is 0.102. The third-order valence-corrected chi connectivity index (χ3v) is 2.59. The Balaban J connectivity index is 2.25. The summed E-state index contributed by atoms with van der Waals surface area (Å²) in [5.74, 6) is 0.0615. The Bertz CT molecular complexity index is 596. The maximum atomic E-state index is 12.1. The summed E-state index contributed by atoms with van der Waals surface area (Å²) in [6.45, 7) is 1.77. The molecule has 1 amide bonds. The first kappa shape index (κ1) is 13.3. The minimum atomic E-state index is -0.293. The van der Waals surface area contributed by atoms with Gasteiger partial charge in [0, 0.05) is 17.5 Å². The summed E-state index contributed by atoms with van der Waals surface area (Å²) in [6.07, 6.45) is 1.59. The second-order valence-corrected chi connectivity index (χ2v) is 4.22. The summed E-state index contributed by atoms with van der Waals surface area (Å²) < 4.78 is 5.07. The Morgan fingerprint density at radius 1 is 1.42 bits per heavy atom. The van der Waals surface area contributed by atoms with E-state index in [0.717, 1.165) is 0 Å². The van der Waals surface area contributed by atoms with Crippen molar-refractivity contribution in [1.82, 2.24) is 9.97 Å². The molecule has 2 aromatic heterocycles. The molecule has 2 aromatic rings. The number of hydrogen-bond donors (Lipinski definition) is 1. The van der Waals surface area contributed by atoms with Crippen molar-refractivity contribution in [3.8, 4) is 5.88 Å². The highest BCUT2D eigenvalue weighted by Gasteiger charge is 2.11. The van der Waals surface area contributed by atoms with Crippen LogP contribution >= 0.6 is 11.6 Å². The number of pyridine rings is 2. The molecule has 0 unspecified atom stereocenters. The first-order chi connectivity index (χ1) is 9.10. The number of aromatic nitrogens is 2. The topological polar surface area (TPSA) is 64.1 Å². The maximum Gasteiger partial charge on any atom is 0.255 e. The number of hydrogen-bond acceptors (Lipinski definition) is 4. The molecule has 1 N–H and O–H groups in total. The van der Waals surface area contributed by atoms with E-state index in [0.29, 0.717) is 22.8 Å². The molecule has 0 fully saturated rings. The van der Waals surface area contributed by atoms with Crippen molar-refractivity contribution in [2.75, 3.05) is 12.4 Å². The summed E-state index contributed by atoms with van der Waals surface area (Å²) in [5, 5.41) is 3.00. The van der Waals surface area contributed by atoms with Gasteiger partial charge in [0.2, 0.25) is 5.88 Å². The van der Waals surface area contributed by atoms with Crippen molar-refractivity contribution in [3.63, 3.8) is 0 Å². The molecule has 0 aliphatic rings. The van der Waals surface area contributed by atoms with Gasteiger partial charge in [0.25, 0.3) is 5.91 Å². The molecule has 2 heterocycles. The highest BCUT2D eigenvalue weighted by molar-refractivity contribution is 6.29. The monoisotopic (exact) mass is 277 g/mol. The number of ether oxygens (including phenoxy) is 1. The fraction of sp³-hybridized carbons (Fsp3) is 0.154. The minimum absolute atomic E-state index is 0.281. The van der Waals surface area contributed by atoms with Crippen LogP contribution in [0.5, 0.6) is 5.88 Å². The number of amides is 1. The van der Waals surface area contributed by atoms with Crippen LogP contribution in [0.2, 0.25) is 5.15 Å². The maximum absolute atomic E-state index is 12.1. The molecule has 0 aliphatic carbocycles. The van der Waals surface area contributed by atoms with Gasteiger partial charge in [-0.2, -0.15) is 0 Å². The summed E-state index contributed by atoms with van der Waals surface area (Å²) >= 11 is 5.83. The molecule has 0 aromatic carbocycles. The number of carbonyl (C=O) groups excluding carboxylic acids is 1. The van der Waals surface area contributed by atoms with Crippen molar-refractivity contribution < 1.29 is 9.53 Å². The molecule has 0 aliphatic heterocycles. The average molecular weight is 278 g/mol. The number of methoxy groups -OCH3 is 1. The van der Waals surface area contributed by atoms with Crippen molar-refractivity contribution in [2.45, 2.75) is 6.92 Å². The van der Waals surface area contributed by atoms with Crippen molar-refractivity contribution in [1.29, 1.82) is 0 Å². The van der Waals surface area contributed by atoms with E-state index in [1.165, 1.54) is 13.2 Å². The molecule has 98 valence electrons. The van der Waals surface area contributed by atoms with Crippen molar-refractivity contribution in [3.05, 3.63) is 46.9 Å². The predicted molar refractivity (Wildman–Crippen MR) is 72.7 cm³/mol. The van der Waals surface area contributed by atoms with Crippen LogP contribution in [0.3, 0.4) is 0 Å². The second-order valence-electron chi connectivity index (χ2n) is 3.83. The third kappa shape index (κ3) is 3.20. The van der Waals surface area contributed by atoms with Gasteiger partial charge in [0.1, 0.15) is 10.8 Å². The zero-order valence-electron chi connectivity index (χ0n) is 10.5. The van der Waals surface area contributed by atoms with Gasteiger partial charge in [-0.05, 0) is 31.2 Å². The van der Waals surface area contributed by atoms with E-state index in [1.807, 2.05) is 0 Å². The summed E-state index contributed by atoms with van der Waals surface area (Å²) in [5.41, 5.74) is 1.61. The van der Waals surface area contributed by atoms with Crippen LogP contribution in [0.15, 0.2) is 30.5 Å². The highest BCUT2D eigenvalue weighted by Crippen LogP contribution is 2.21. The minimum Gasteiger partial charge on any atom is -0.480 e. The molecular weight excluding hydrogens is 266 g/mol. The number of carbonyl (C=O) groups is 1. The fourth-order valence-corrected chi connectivity index (χ4v) is 1.85. The summed E-state index contributed by atoms with van der Waals surface area (Å²) in [6, 6.07) is 6.58. The largest absolute Gasteiger partial charge is 0.480 e. The van der Waals surface area contributed by atoms with E-state index < -0.39 is 0 Å². The normalized spacial score (nSPS) is 10.1. The van der Waals surface area contributed by atoms with Gasteiger partial charge >= 0.3 is 0 Å². The van der Waals surface area contributed by atoms with Crippen LogP contribution in [0.1, 0.15) is 16.1 Å². The van der Waals surface area contributed by atoms with Gasteiger partial charge in [-0.15, -0.1) is 0 Å².